The van der Waals surface area contributed by atoms with Crippen LogP contribution in [-0.4, -0.2) is 37.2 Å². The Labute approximate surface area is 496 Å². The van der Waals surface area contributed by atoms with Crippen LogP contribution in [0.25, 0.3) is 0 Å². The van der Waals surface area contributed by atoms with Crippen LogP contribution in [0, 0.1) is 0 Å². The van der Waals surface area contributed by atoms with Crippen LogP contribution in [-0.2, 0) is 28.6 Å². The van der Waals surface area contributed by atoms with Gasteiger partial charge in [-0.3, -0.25) is 14.4 Å². The maximum Gasteiger partial charge on any atom is 0.306 e. The Hall–Kier alpha value is -3.41. The summed E-state index contributed by atoms with van der Waals surface area (Å²) >= 11 is 0. The van der Waals surface area contributed by atoms with Crippen molar-refractivity contribution in [2.45, 2.75) is 354 Å². The fraction of sp³-hybridized carbons (Fsp3) is 0.770. The SMILES string of the molecule is CC/C=C\C/C=C\C/C=C\C/C=C\C/C=C\C/C=C\CCCCCCC(=O)OC(COC(=O)CCCCCCC/C=C\CCCCCC)COC(=O)CCCCCCCCCCCCCCCCCCCCCCCCCCCC. The lowest BCUT2D eigenvalue weighted by atomic mass is 10.0. The summed E-state index contributed by atoms with van der Waals surface area (Å²) in [4.78, 5) is 38.4. The highest BCUT2D eigenvalue weighted by Gasteiger charge is 2.19. The zero-order valence-corrected chi connectivity index (χ0v) is 53.1. The van der Waals surface area contributed by atoms with E-state index in [0.29, 0.717) is 19.3 Å². The van der Waals surface area contributed by atoms with Crippen LogP contribution >= 0.6 is 0 Å². The first-order valence-corrected chi connectivity index (χ1v) is 34.6. The monoisotopic (exact) mass is 1110 g/mol. The Kier molecular flexibility index (Phi) is 65.2. The van der Waals surface area contributed by atoms with E-state index in [1.54, 1.807) is 0 Å². The molecule has 0 aromatic carbocycles. The number of rotatable bonds is 63. The maximum absolute atomic E-state index is 12.9. The Balaban J connectivity index is 4.31. The van der Waals surface area contributed by atoms with Gasteiger partial charge in [0.05, 0.1) is 0 Å². The second-order valence-corrected chi connectivity index (χ2v) is 23.1. The fourth-order valence-electron chi connectivity index (χ4n) is 9.97. The van der Waals surface area contributed by atoms with Gasteiger partial charge in [0, 0.05) is 19.3 Å². The van der Waals surface area contributed by atoms with Gasteiger partial charge in [-0.05, 0) is 96.3 Å². The predicted molar refractivity (Wildman–Crippen MR) is 348 cm³/mol. The van der Waals surface area contributed by atoms with E-state index in [9.17, 15) is 14.4 Å². The topological polar surface area (TPSA) is 78.9 Å². The summed E-state index contributed by atoms with van der Waals surface area (Å²) in [6.07, 6.45) is 90.4. The molecule has 0 aliphatic carbocycles. The highest BCUT2D eigenvalue weighted by atomic mass is 16.6. The van der Waals surface area contributed by atoms with E-state index in [2.05, 4.69) is 106 Å². The van der Waals surface area contributed by atoms with Crippen LogP contribution in [0.3, 0.4) is 0 Å². The molecular weight excluding hydrogens is 985 g/mol. The van der Waals surface area contributed by atoms with Crippen molar-refractivity contribution in [3.63, 3.8) is 0 Å². The van der Waals surface area contributed by atoms with Crippen LogP contribution in [0.1, 0.15) is 348 Å². The summed E-state index contributed by atoms with van der Waals surface area (Å²) in [5, 5.41) is 0. The molecule has 1 unspecified atom stereocenters. The lowest BCUT2D eigenvalue weighted by Crippen LogP contribution is -2.30. The minimum absolute atomic E-state index is 0.0868. The van der Waals surface area contributed by atoms with E-state index < -0.39 is 6.10 Å². The van der Waals surface area contributed by atoms with Crippen LogP contribution < -0.4 is 0 Å². The van der Waals surface area contributed by atoms with E-state index in [0.717, 1.165) is 116 Å². The molecule has 0 radical (unpaired) electrons. The smallest absolute Gasteiger partial charge is 0.306 e. The van der Waals surface area contributed by atoms with Crippen LogP contribution in [0.2, 0.25) is 0 Å². The van der Waals surface area contributed by atoms with E-state index in [-0.39, 0.29) is 31.1 Å². The van der Waals surface area contributed by atoms with Gasteiger partial charge in [-0.1, -0.05) is 318 Å². The Morgan fingerprint density at radius 1 is 0.263 bits per heavy atom. The molecule has 0 saturated carbocycles. The van der Waals surface area contributed by atoms with Crippen LogP contribution in [0.5, 0.6) is 0 Å². The van der Waals surface area contributed by atoms with Crippen molar-refractivity contribution in [1.29, 1.82) is 0 Å². The zero-order valence-electron chi connectivity index (χ0n) is 53.1. The van der Waals surface area contributed by atoms with Crippen LogP contribution in [0.15, 0.2) is 85.1 Å². The highest BCUT2D eigenvalue weighted by Crippen LogP contribution is 2.18. The summed E-state index contributed by atoms with van der Waals surface area (Å²) in [5.41, 5.74) is 0. The lowest BCUT2D eigenvalue weighted by molar-refractivity contribution is -0.167. The molecule has 0 heterocycles. The highest BCUT2D eigenvalue weighted by molar-refractivity contribution is 5.71. The number of hydrogen-bond donors (Lipinski definition) is 0. The van der Waals surface area contributed by atoms with E-state index in [1.165, 1.54) is 193 Å². The molecule has 0 N–H and O–H groups in total. The molecule has 0 aromatic heterocycles. The van der Waals surface area contributed by atoms with Gasteiger partial charge < -0.3 is 14.2 Å². The average molecular weight is 1120 g/mol. The van der Waals surface area contributed by atoms with E-state index in [4.69, 9.17) is 14.2 Å². The molecule has 0 aliphatic heterocycles. The Morgan fingerprint density at radius 2 is 0.487 bits per heavy atom. The fourth-order valence-corrected chi connectivity index (χ4v) is 9.97. The summed E-state index contributed by atoms with van der Waals surface area (Å²) in [7, 11) is 0. The Morgan fingerprint density at radius 3 is 0.787 bits per heavy atom. The number of allylic oxidation sites excluding steroid dienone is 14. The molecule has 0 aliphatic rings. The van der Waals surface area contributed by atoms with Crippen molar-refractivity contribution in [2.75, 3.05) is 13.2 Å². The molecule has 0 bridgehead atoms. The number of hydrogen-bond acceptors (Lipinski definition) is 6. The van der Waals surface area contributed by atoms with E-state index in [1.807, 2.05) is 0 Å². The van der Waals surface area contributed by atoms with Gasteiger partial charge >= 0.3 is 17.9 Å². The summed E-state index contributed by atoms with van der Waals surface area (Å²) in [6, 6.07) is 0. The summed E-state index contributed by atoms with van der Waals surface area (Å²) < 4.78 is 16.9. The maximum atomic E-state index is 12.9. The molecule has 0 rings (SSSR count). The molecule has 6 heteroatoms. The van der Waals surface area contributed by atoms with Gasteiger partial charge in [-0.2, -0.15) is 0 Å². The van der Waals surface area contributed by atoms with Crippen molar-refractivity contribution >= 4 is 17.9 Å². The Bertz CT molecular complexity index is 1520. The lowest BCUT2D eigenvalue weighted by Gasteiger charge is -2.18. The van der Waals surface area contributed by atoms with Crippen molar-refractivity contribution in [1.82, 2.24) is 0 Å². The third-order valence-corrected chi connectivity index (χ3v) is 15.1. The summed E-state index contributed by atoms with van der Waals surface area (Å²) in [5.74, 6) is -0.905. The number of carbonyl (C=O) groups is 3. The normalized spacial score (nSPS) is 12.6. The van der Waals surface area contributed by atoms with E-state index >= 15 is 0 Å². The number of unbranched alkanes of at least 4 members (excludes halogenated alkanes) is 38. The second-order valence-electron chi connectivity index (χ2n) is 23.1. The standard InChI is InChI=1S/C74H130O6/c1-4-7-10-13-16-19-22-25-27-29-31-33-35-36-37-39-40-42-44-46-49-52-55-58-61-64-67-73(76)79-70-71(69-78-72(75)66-63-60-57-54-51-48-24-21-18-15-12-9-6-3)80-74(77)68-65-62-59-56-53-50-47-45-43-41-38-34-32-30-28-26-23-20-17-14-11-8-5-2/h8,11,17,20-21,24,26,28,32,34,41,43,47,50,71H,4-7,9-10,12-16,18-19,22-23,25,27,29-31,33,35-40,42,44-46,48-49,51-70H2,1-3H3/b11-8-,20-17-,24-21-,28-26-,34-32-,43-41-,50-47-. The third-order valence-electron chi connectivity index (χ3n) is 15.1. The molecule has 0 fully saturated rings. The van der Waals surface area contributed by atoms with Crippen molar-refractivity contribution in [2.24, 2.45) is 0 Å². The molecule has 0 amide bonds. The third kappa shape index (κ3) is 65.4. The van der Waals surface area contributed by atoms with Crippen LogP contribution in [0.4, 0.5) is 0 Å². The molecule has 0 saturated heterocycles. The largest absolute Gasteiger partial charge is 0.462 e. The first-order valence-electron chi connectivity index (χ1n) is 34.6. The van der Waals surface area contributed by atoms with Gasteiger partial charge in [0.15, 0.2) is 6.10 Å². The molecule has 6 nitrogen and oxygen atoms in total. The molecule has 0 spiro atoms. The minimum Gasteiger partial charge on any atom is -0.462 e. The number of ether oxygens (including phenoxy) is 3. The molecule has 80 heavy (non-hydrogen) atoms. The molecular formula is C74H130O6. The first-order chi connectivity index (χ1) is 39.5. The van der Waals surface area contributed by atoms with Gasteiger partial charge in [-0.15, -0.1) is 0 Å². The number of esters is 3. The quantitative estimate of drug-likeness (QED) is 0.0261. The van der Waals surface area contributed by atoms with Crippen molar-refractivity contribution < 1.29 is 28.6 Å². The van der Waals surface area contributed by atoms with Crippen molar-refractivity contribution in [3.05, 3.63) is 85.1 Å². The number of carbonyl (C=O) groups excluding carboxylic acids is 3. The first kappa shape index (κ1) is 76.6. The second kappa shape index (κ2) is 68.1. The summed E-state index contributed by atoms with van der Waals surface area (Å²) in [6.45, 7) is 6.53. The van der Waals surface area contributed by atoms with Gasteiger partial charge in [0.1, 0.15) is 13.2 Å². The van der Waals surface area contributed by atoms with Crippen molar-refractivity contribution in [3.8, 4) is 0 Å². The molecule has 0 aromatic rings. The zero-order chi connectivity index (χ0) is 57.8. The van der Waals surface area contributed by atoms with Gasteiger partial charge in [0.2, 0.25) is 0 Å². The minimum atomic E-state index is -0.794. The molecule has 1 atom stereocenters. The predicted octanol–water partition coefficient (Wildman–Crippen LogP) is 23.8. The molecule has 462 valence electrons. The van der Waals surface area contributed by atoms with Gasteiger partial charge in [0.25, 0.3) is 0 Å². The van der Waals surface area contributed by atoms with Gasteiger partial charge in [-0.25, -0.2) is 0 Å². The average Bonchev–Trinajstić information content (AvgIpc) is 3.46.